The van der Waals surface area contributed by atoms with E-state index in [1.165, 1.54) is 39.5 Å². The molecule has 10 heteroatoms. The first-order valence-corrected chi connectivity index (χ1v) is 12.1. The van der Waals surface area contributed by atoms with Crippen molar-refractivity contribution in [1.29, 1.82) is 0 Å². The summed E-state index contributed by atoms with van der Waals surface area (Å²) in [5.74, 6) is 1.79. The van der Waals surface area contributed by atoms with Crippen LogP contribution in [0.4, 0.5) is 10.1 Å². The maximum atomic E-state index is 14.3. The smallest absolute Gasteiger partial charge is 0.338 e. The van der Waals surface area contributed by atoms with Gasteiger partial charge in [0.25, 0.3) is 0 Å². The summed E-state index contributed by atoms with van der Waals surface area (Å²) in [6, 6.07) is 11.1. The third-order valence-corrected chi connectivity index (χ3v) is 6.53. The van der Waals surface area contributed by atoms with Gasteiger partial charge in [0, 0.05) is 43.8 Å². The average Bonchev–Trinajstić information content (AvgIpc) is 2.95. The van der Waals surface area contributed by atoms with Gasteiger partial charge in [0.15, 0.2) is 17.6 Å². The predicted octanol–water partition coefficient (Wildman–Crippen LogP) is 4.84. The van der Waals surface area contributed by atoms with Gasteiger partial charge in [-0.25, -0.2) is 9.18 Å². The summed E-state index contributed by atoms with van der Waals surface area (Å²) in [4.78, 5) is 14.9. The number of hydrogen-bond acceptors (Lipinski definition) is 9. The quantitative estimate of drug-likeness (QED) is 0.354. The Bertz CT molecular complexity index is 1330. The van der Waals surface area contributed by atoms with E-state index in [-0.39, 0.29) is 17.7 Å². The lowest BCUT2D eigenvalue weighted by atomic mass is 9.93. The number of halogens is 1. The lowest BCUT2D eigenvalue weighted by Crippen LogP contribution is -2.35. The van der Waals surface area contributed by atoms with Crippen LogP contribution in [0.1, 0.15) is 27.6 Å². The van der Waals surface area contributed by atoms with Crippen molar-refractivity contribution in [2.24, 2.45) is 0 Å². The van der Waals surface area contributed by atoms with Crippen LogP contribution in [0.15, 0.2) is 42.5 Å². The molecule has 0 N–H and O–H groups in total. The zero-order valence-corrected chi connectivity index (χ0v) is 23.0. The molecule has 2 unspecified atom stereocenters. The first-order valence-electron chi connectivity index (χ1n) is 12.1. The van der Waals surface area contributed by atoms with Gasteiger partial charge in [-0.05, 0) is 30.3 Å². The molecule has 0 saturated heterocycles. The number of esters is 1. The van der Waals surface area contributed by atoms with E-state index in [1.54, 1.807) is 57.5 Å². The number of anilines is 1. The average molecular weight is 542 g/mol. The summed E-state index contributed by atoms with van der Waals surface area (Å²) in [6.45, 7) is 0. The van der Waals surface area contributed by atoms with E-state index in [4.69, 9.17) is 33.2 Å². The first kappa shape index (κ1) is 27.7. The Kier molecular flexibility index (Phi) is 8.23. The largest absolute Gasteiger partial charge is 0.496 e. The number of ether oxygens (including phenoxy) is 7. The minimum Gasteiger partial charge on any atom is -0.496 e. The van der Waals surface area contributed by atoms with Gasteiger partial charge >= 0.3 is 5.97 Å². The predicted molar refractivity (Wildman–Crippen MR) is 143 cm³/mol. The number of carbonyl (C=O) groups excluding carboxylic acids is 1. The van der Waals surface area contributed by atoms with Crippen LogP contribution in [0.3, 0.4) is 0 Å². The van der Waals surface area contributed by atoms with E-state index in [2.05, 4.69) is 0 Å². The van der Waals surface area contributed by atoms with Crippen molar-refractivity contribution >= 4 is 11.7 Å². The van der Waals surface area contributed by atoms with Gasteiger partial charge in [-0.1, -0.05) is 0 Å². The van der Waals surface area contributed by atoms with Crippen LogP contribution in [-0.2, 0) is 11.2 Å². The lowest BCUT2D eigenvalue weighted by Gasteiger charge is -2.34. The molecule has 0 spiro atoms. The second-order valence-corrected chi connectivity index (χ2v) is 9.01. The van der Waals surface area contributed by atoms with E-state index in [1.807, 2.05) is 0 Å². The van der Waals surface area contributed by atoms with Crippen LogP contribution in [-0.4, -0.2) is 61.7 Å². The van der Waals surface area contributed by atoms with Gasteiger partial charge in [0.1, 0.15) is 29.2 Å². The highest BCUT2D eigenvalue weighted by Crippen LogP contribution is 2.46. The highest BCUT2D eigenvalue weighted by atomic mass is 19.1. The van der Waals surface area contributed by atoms with Crippen molar-refractivity contribution in [2.75, 3.05) is 54.5 Å². The van der Waals surface area contributed by atoms with Crippen molar-refractivity contribution < 1.29 is 42.3 Å². The number of hydrogen-bond donors (Lipinski definition) is 0. The third-order valence-electron chi connectivity index (χ3n) is 6.53. The van der Waals surface area contributed by atoms with Gasteiger partial charge in [0.05, 0.1) is 46.8 Å². The highest BCUT2D eigenvalue weighted by Gasteiger charge is 2.38. The molecule has 3 aromatic rings. The summed E-state index contributed by atoms with van der Waals surface area (Å²) in [6.07, 6.45) is -1.28. The first-order chi connectivity index (χ1) is 18.7. The molecule has 208 valence electrons. The number of carbonyl (C=O) groups is 1. The van der Waals surface area contributed by atoms with E-state index in [9.17, 15) is 9.18 Å². The third kappa shape index (κ3) is 5.45. The van der Waals surface area contributed by atoms with Crippen LogP contribution in [0.5, 0.6) is 34.5 Å². The molecule has 0 fully saturated rings. The minimum absolute atomic E-state index is 0.205. The maximum absolute atomic E-state index is 14.3. The second-order valence-electron chi connectivity index (χ2n) is 9.01. The molecule has 0 saturated carbocycles. The Morgan fingerprint density at radius 3 is 2.10 bits per heavy atom. The van der Waals surface area contributed by atoms with Gasteiger partial charge in [-0.3, -0.25) is 0 Å². The fraction of sp³-hybridized carbons (Fsp3) is 0.345. The lowest BCUT2D eigenvalue weighted by molar-refractivity contribution is -0.0188. The SMILES string of the molecule is COc1cc(OC)c2c(c1)OC(c1cc(OC)c(OC)c(OC)c1)C(OC(=O)c1ccc(F)c(N(C)C)c1)C2. The van der Waals surface area contributed by atoms with Crippen LogP contribution in [0.25, 0.3) is 0 Å². The normalized spacial score (nSPS) is 15.9. The Labute approximate surface area is 226 Å². The van der Waals surface area contributed by atoms with Crippen molar-refractivity contribution in [2.45, 2.75) is 18.6 Å². The van der Waals surface area contributed by atoms with Crippen molar-refractivity contribution in [3.8, 4) is 34.5 Å². The van der Waals surface area contributed by atoms with E-state index >= 15 is 0 Å². The number of nitrogens with zero attached hydrogens (tertiary/aromatic N) is 1. The summed E-state index contributed by atoms with van der Waals surface area (Å²) in [5, 5.41) is 0. The minimum atomic E-state index is -0.789. The Balaban J connectivity index is 1.80. The van der Waals surface area contributed by atoms with Gasteiger partial charge in [-0.15, -0.1) is 0 Å². The van der Waals surface area contributed by atoms with Crippen LogP contribution < -0.4 is 33.3 Å². The summed E-state index contributed by atoms with van der Waals surface area (Å²) < 4.78 is 54.3. The second kappa shape index (κ2) is 11.6. The van der Waals surface area contributed by atoms with E-state index in [0.29, 0.717) is 45.6 Å². The molecule has 0 aliphatic carbocycles. The molecule has 2 atom stereocenters. The molecular weight excluding hydrogens is 509 g/mol. The fourth-order valence-electron chi connectivity index (χ4n) is 4.56. The summed E-state index contributed by atoms with van der Waals surface area (Å²) in [5.41, 5.74) is 1.82. The van der Waals surface area contributed by atoms with Gasteiger partial charge < -0.3 is 38.1 Å². The highest BCUT2D eigenvalue weighted by molar-refractivity contribution is 5.90. The molecule has 4 rings (SSSR count). The monoisotopic (exact) mass is 541 g/mol. The molecule has 0 radical (unpaired) electrons. The van der Waals surface area contributed by atoms with E-state index in [0.717, 1.165) is 0 Å². The van der Waals surface area contributed by atoms with Gasteiger partial charge in [0.2, 0.25) is 5.75 Å². The van der Waals surface area contributed by atoms with Crippen LogP contribution >= 0.6 is 0 Å². The molecule has 0 bridgehead atoms. The topological polar surface area (TPSA) is 84.9 Å². The molecule has 0 aromatic heterocycles. The molecule has 1 aliphatic rings. The molecular formula is C29H32FNO8. The molecule has 9 nitrogen and oxygen atoms in total. The molecule has 39 heavy (non-hydrogen) atoms. The fourth-order valence-corrected chi connectivity index (χ4v) is 4.56. The Morgan fingerprint density at radius 1 is 0.872 bits per heavy atom. The Hall–Kier alpha value is -4.34. The number of rotatable bonds is 9. The number of methoxy groups -OCH3 is 5. The maximum Gasteiger partial charge on any atom is 0.338 e. The molecule has 1 heterocycles. The molecule has 0 amide bonds. The summed E-state index contributed by atoms with van der Waals surface area (Å²) >= 11 is 0. The summed E-state index contributed by atoms with van der Waals surface area (Å²) in [7, 11) is 11.0. The van der Waals surface area contributed by atoms with Gasteiger partial charge in [-0.2, -0.15) is 0 Å². The van der Waals surface area contributed by atoms with Crippen molar-refractivity contribution in [3.63, 3.8) is 0 Å². The van der Waals surface area contributed by atoms with Crippen molar-refractivity contribution in [1.82, 2.24) is 0 Å². The number of fused-ring (bicyclic) bond motifs is 1. The Morgan fingerprint density at radius 2 is 1.54 bits per heavy atom. The van der Waals surface area contributed by atoms with Crippen LogP contribution in [0, 0.1) is 5.82 Å². The van der Waals surface area contributed by atoms with Crippen molar-refractivity contribution in [3.05, 3.63) is 65.0 Å². The molecule has 3 aromatic carbocycles. The zero-order valence-electron chi connectivity index (χ0n) is 23.0. The van der Waals surface area contributed by atoms with E-state index < -0.39 is 24.0 Å². The standard InChI is InChI=1S/C29H32FNO8/c1-31(2)21-10-16(8-9-20(21)30)29(32)39-26-15-19-22(34-4)13-18(33-3)14-23(19)38-27(26)17-11-24(35-5)28(37-7)25(12-17)36-6/h8-14,26-27H,15H2,1-7H3. The number of benzene rings is 3. The zero-order chi connectivity index (χ0) is 28.3. The van der Waals surface area contributed by atoms with Crippen LogP contribution in [0.2, 0.25) is 0 Å². The molecule has 1 aliphatic heterocycles.